The van der Waals surface area contributed by atoms with Gasteiger partial charge in [-0.15, -0.1) is 0 Å². The highest BCUT2D eigenvalue weighted by Gasteiger charge is 2.34. The second kappa shape index (κ2) is 3.83. The summed E-state index contributed by atoms with van der Waals surface area (Å²) in [5.41, 5.74) is -0.645. The third-order valence-corrected chi connectivity index (χ3v) is 2.33. The van der Waals surface area contributed by atoms with Crippen LogP contribution in [0, 0.1) is 0 Å². The van der Waals surface area contributed by atoms with E-state index >= 15 is 0 Å². The minimum Gasteiger partial charge on any atom is -0.306 e. The summed E-state index contributed by atoms with van der Waals surface area (Å²) in [7, 11) is 1.54. The van der Waals surface area contributed by atoms with Gasteiger partial charge in [-0.3, -0.25) is 0 Å². The maximum Gasteiger partial charge on any atom is 0.260 e. The van der Waals surface area contributed by atoms with Crippen LogP contribution in [0.3, 0.4) is 0 Å². The molecule has 1 unspecified atom stereocenters. The summed E-state index contributed by atoms with van der Waals surface area (Å²) >= 11 is 0. The van der Waals surface area contributed by atoms with Crippen molar-refractivity contribution < 1.29 is 8.78 Å². The van der Waals surface area contributed by atoms with Gasteiger partial charge in [-0.2, -0.15) is 0 Å². The topological polar surface area (TPSA) is 12.0 Å². The van der Waals surface area contributed by atoms with Gasteiger partial charge < -0.3 is 5.32 Å². The van der Waals surface area contributed by atoms with Crippen LogP contribution in [0.2, 0.25) is 0 Å². The lowest BCUT2D eigenvalue weighted by atomic mass is 9.93. The molecule has 0 saturated carbocycles. The molecule has 0 aliphatic heterocycles. The molecule has 3 heteroatoms. The van der Waals surface area contributed by atoms with E-state index in [1.807, 2.05) is 6.07 Å². The molecule has 72 valence electrons. The molecule has 1 aromatic carbocycles. The fourth-order valence-electron chi connectivity index (χ4n) is 1.16. The highest BCUT2D eigenvalue weighted by molar-refractivity contribution is 5.24. The molecule has 1 aromatic rings. The molecule has 0 aliphatic carbocycles. The first-order valence-electron chi connectivity index (χ1n) is 4.14. The van der Waals surface area contributed by atoms with E-state index < -0.39 is 12.0 Å². The Balaban J connectivity index is 3.03. The van der Waals surface area contributed by atoms with Crippen molar-refractivity contribution in [1.82, 2.24) is 5.32 Å². The van der Waals surface area contributed by atoms with Crippen molar-refractivity contribution in [2.45, 2.75) is 18.9 Å². The summed E-state index contributed by atoms with van der Waals surface area (Å²) < 4.78 is 25.4. The predicted octanol–water partition coefficient (Wildman–Crippen LogP) is 2.39. The highest BCUT2D eigenvalue weighted by Crippen LogP contribution is 2.26. The van der Waals surface area contributed by atoms with Gasteiger partial charge in [0.05, 0.1) is 0 Å². The second-order valence-electron chi connectivity index (χ2n) is 3.12. The molecule has 0 amide bonds. The minimum absolute atomic E-state index is 0.604. The lowest BCUT2D eigenvalue weighted by molar-refractivity contribution is 0.0432. The molecular weight excluding hydrogens is 172 g/mol. The molecule has 1 N–H and O–H groups in total. The van der Waals surface area contributed by atoms with Crippen LogP contribution in [0.4, 0.5) is 8.78 Å². The van der Waals surface area contributed by atoms with Gasteiger partial charge in [-0.1, -0.05) is 30.3 Å². The molecule has 0 aliphatic rings. The maximum absolute atomic E-state index is 12.7. The van der Waals surface area contributed by atoms with Gasteiger partial charge in [-0.25, -0.2) is 8.78 Å². The van der Waals surface area contributed by atoms with Crippen molar-refractivity contribution in [1.29, 1.82) is 0 Å². The molecule has 1 nitrogen and oxygen atoms in total. The van der Waals surface area contributed by atoms with Gasteiger partial charge in [0.1, 0.15) is 5.54 Å². The van der Waals surface area contributed by atoms with Crippen LogP contribution in [0.5, 0.6) is 0 Å². The smallest absolute Gasteiger partial charge is 0.260 e. The summed E-state index contributed by atoms with van der Waals surface area (Å²) in [6.45, 7) is 1.49. The van der Waals surface area contributed by atoms with Crippen LogP contribution in [-0.4, -0.2) is 13.5 Å². The molecule has 0 bridgehead atoms. The summed E-state index contributed by atoms with van der Waals surface area (Å²) in [4.78, 5) is 0. The molecule has 0 spiro atoms. The Bertz CT molecular complexity index is 261. The Morgan fingerprint density at radius 2 is 1.77 bits per heavy atom. The SMILES string of the molecule is CNC(C)(c1ccccc1)C(F)F. The normalized spacial score (nSPS) is 15.8. The zero-order valence-electron chi connectivity index (χ0n) is 7.72. The molecule has 0 fully saturated rings. The summed E-state index contributed by atoms with van der Waals surface area (Å²) in [5, 5.41) is 2.64. The van der Waals surface area contributed by atoms with Crippen LogP contribution < -0.4 is 5.32 Å². The Hall–Kier alpha value is -0.960. The highest BCUT2D eigenvalue weighted by atomic mass is 19.3. The van der Waals surface area contributed by atoms with Crippen molar-refractivity contribution in [2.24, 2.45) is 0 Å². The second-order valence-corrected chi connectivity index (χ2v) is 3.12. The van der Waals surface area contributed by atoms with E-state index in [4.69, 9.17) is 0 Å². The molecule has 0 saturated heterocycles. The van der Waals surface area contributed by atoms with Crippen molar-refractivity contribution in [3.05, 3.63) is 35.9 Å². The fraction of sp³-hybridized carbons (Fsp3) is 0.400. The Morgan fingerprint density at radius 1 is 1.23 bits per heavy atom. The number of alkyl halides is 2. The third kappa shape index (κ3) is 1.86. The van der Waals surface area contributed by atoms with E-state index in [0.29, 0.717) is 5.56 Å². The predicted molar refractivity (Wildman–Crippen MR) is 48.9 cm³/mol. The monoisotopic (exact) mass is 185 g/mol. The number of benzene rings is 1. The molecule has 0 radical (unpaired) electrons. The van der Waals surface area contributed by atoms with E-state index in [1.54, 1.807) is 31.3 Å². The quantitative estimate of drug-likeness (QED) is 0.762. The molecule has 1 rings (SSSR count). The number of halogens is 2. The zero-order valence-corrected chi connectivity index (χ0v) is 7.72. The summed E-state index contributed by atoms with van der Waals surface area (Å²) in [6, 6.07) is 8.72. The number of nitrogens with one attached hydrogen (secondary N) is 1. The molecule has 0 aromatic heterocycles. The first-order valence-corrected chi connectivity index (χ1v) is 4.14. The average Bonchev–Trinajstić information content (AvgIpc) is 2.17. The van der Waals surface area contributed by atoms with Gasteiger partial charge >= 0.3 is 0 Å². The lowest BCUT2D eigenvalue weighted by Crippen LogP contribution is -2.43. The van der Waals surface area contributed by atoms with Crippen molar-refractivity contribution in [3.8, 4) is 0 Å². The Morgan fingerprint density at radius 3 is 2.15 bits per heavy atom. The van der Waals surface area contributed by atoms with E-state index in [2.05, 4.69) is 5.32 Å². The lowest BCUT2D eigenvalue weighted by Gasteiger charge is -2.28. The number of hydrogen-bond donors (Lipinski definition) is 1. The van der Waals surface area contributed by atoms with Crippen LogP contribution in [0.1, 0.15) is 12.5 Å². The first kappa shape index (κ1) is 10.1. The third-order valence-electron chi connectivity index (χ3n) is 2.33. The van der Waals surface area contributed by atoms with Gasteiger partial charge in [0.2, 0.25) is 0 Å². The van der Waals surface area contributed by atoms with Gasteiger partial charge in [0.25, 0.3) is 6.43 Å². The Labute approximate surface area is 76.8 Å². The molecule has 1 atom stereocenters. The molecule has 13 heavy (non-hydrogen) atoms. The Kier molecular flexibility index (Phi) is 2.98. The van der Waals surface area contributed by atoms with Crippen LogP contribution in [-0.2, 0) is 5.54 Å². The van der Waals surface area contributed by atoms with Crippen LogP contribution in [0.25, 0.3) is 0 Å². The summed E-state index contributed by atoms with van der Waals surface area (Å²) in [5.74, 6) is 0. The van der Waals surface area contributed by atoms with E-state index in [9.17, 15) is 8.78 Å². The molecular formula is C10H13F2N. The first-order chi connectivity index (χ1) is 6.11. The van der Waals surface area contributed by atoms with Crippen LogP contribution >= 0.6 is 0 Å². The number of hydrogen-bond acceptors (Lipinski definition) is 1. The van der Waals surface area contributed by atoms with Crippen LogP contribution in [0.15, 0.2) is 30.3 Å². The van der Waals surface area contributed by atoms with Crippen molar-refractivity contribution in [3.63, 3.8) is 0 Å². The van der Waals surface area contributed by atoms with Gasteiger partial charge in [0, 0.05) is 0 Å². The maximum atomic E-state index is 12.7. The average molecular weight is 185 g/mol. The van der Waals surface area contributed by atoms with Gasteiger partial charge in [0.15, 0.2) is 0 Å². The minimum atomic E-state index is -2.42. The van der Waals surface area contributed by atoms with E-state index in [0.717, 1.165) is 0 Å². The van der Waals surface area contributed by atoms with E-state index in [1.165, 1.54) is 6.92 Å². The molecule has 0 heterocycles. The standard InChI is InChI=1S/C10H13F2N/c1-10(13-2,9(11)12)8-6-4-3-5-7-8/h3-7,9,13H,1-2H3. The van der Waals surface area contributed by atoms with Gasteiger partial charge in [-0.05, 0) is 19.5 Å². The van der Waals surface area contributed by atoms with E-state index in [-0.39, 0.29) is 0 Å². The summed E-state index contributed by atoms with van der Waals surface area (Å²) in [6.07, 6.45) is -2.42. The number of rotatable bonds is 3. The van der Waals surface area contributed by atoms with Crippen molar-refractivity contribution in [2.75, 3.05) is 7.05 Å². The fourth-order valence-corrected chi connectivity index (χ4v) is 1.16. The zero-order chi connectivity index (χ0) is 9.90. The van der Waals surface area contributed by atoms with Crippen molar-refractivity contribution >= 4 is 0 Å². The largest absolute Gasteiger partial charge is 0.306 e.